The van der Waals surface area contributed by atoms with Crippen molar-refractivity contribution in [2.75, 3.05) is 26.7 Å². The second kappa shape index (κ2) is 9.01. The van der Waals surface area contributed by atoms with Crippen molar-refractivity contribution in [3.8, 4) is 5.75 Å². The van der Waals surface area contributed by atoms with Crippen molar-refractivity contribution in [3.05, 3.63) is 29.8 Å². The van der Waals surface area contributed by atoms with Crippen LogP contribution < -0.4 is 10.1 Å². The third-order valence-electron chi connectivity index (χ3n) is 6.22. The highest BCUT2D eigenvalue weighted by Gasteiger charge is 2.40. The molecule has 158 valence electrons. The first kappa shape index (κ1) is 21.4. The summed E-state index contributed by atoms with van der Waals surface area (Å²) in [6, 6.07) is 6.58. The number of aliphatic hydroxyl groups is 1. The van der Waals surface area contributed by atoms with Gasteiger partial charge in [0, 0.05) is 25.0 Å². The van der Waals surface area contributed by atoms with Crippen LogP contribution in [0.15, 0.2) is 24.3 Å². The van der Waals surface area contributed by atoms with E-state index < -0.39 is 12.0 Å². The number of likely N-dealkylation sites (tertiary alicyclic amines) is 1. The lowest BCUT2D eigenvalue weighted by molar-refractivity contribution is -0.274. The Kier molecular flexibility index (Phi) is 6.89. The average Bonchev–Trinajstić information content (AvgIpc) is 2.65. The third kappa shape index (κ3) is 5.61. The van der Waals surface area contributed by atoms with E-state index in [1.54, 1.807) is 6.07 Å². The minimum atomic E-state index is -4.72. The predicted octanol–water partition coefficient (Wildman–Crippen LogP) is 4.05. The highest BCUT2D eigenvalue weighted by Crippen LogP contribution is 2.41. The Hall–Kier alpha value is -1.31. The lowest BCUT2D eigenvalue weighted by Gasteiger charge is -2.43. The van der Waals surface area contributed by atoms with Gasteiger partial charge in [-0.15, -0.1) is 13.2 Å². The van der Waals surface area contributed by atoms with Crippen LogP contribution in [0, 0.1) is 0 Å². The van der Waals surface area contributed by atoms with Crippen LogP contribution in [0.5, 0.6) is 5.75 Å². The second-order valence-corrected chi connectivity index (χ2v) is 8.22. The minimum Gasteiger partial charge on any atom is -0.406 e. The van der Waals surface area contributed by atoms with E-state index in [0.717, 1.165) is 50.8 Å². The molecule has 1 unspecified atom stereocenters. The topological polar surface area (TPSA) is 44.7 Å². The summed E-state index contributed by atoms with van der Waals surface area (Å²) in [5.41, 5.74) is -0.167. The predicted molar refractivity (Wildman–Crippen MR) is 102 cm³/mol. The van der Waals surface area contributed by atoms with Crippen LogP contribution in [0.25, 0.3) is 0 Å². The number of rotatable bonds is 6. The van der Waals surface area contributed by atoms with Crippen LogP contribution in [-0.4, -0.2) is 54.7 Å². The maximum atomic E-state index is 12.7. The van der Waals surface area contributed by atoms with E-state index in [9.17, 15) is 18.3 Å². The summed E-state index contributed by atoms with van der Waals surface area (Å²) in [5, 5.41) is 14.8. The summed E-state index contributed by atoms with van der Waals surface area (Å²) < 4.78 is 42.1. The first-order chi connectivity index (χ1) is 13.3. The molecule has 0 bridgehead atoms. The van der Waals surface area contributed by atoms with Crippen LogP contribution >= 0.6 is 0 Å². The lowest BCUT2D eigenvalue weighted by atomic mass is 9.72. The monoisotopic (exact) mass is 400 g/mol. The van der Waals surface area contributed by atoms with Gasteiger partial charge in [0.15, 0.2) is 0 Å². The maximum Gasteiger partial charge on any atom is 0.573 e. The highest BCUT2D eigenvalue weighted by atomic mass is 19.4. The van der Waals surface area contributed by atoms with E-state index in [2.05, 4.69) is 15.0 Å². The maximum absolute atomic E-state index is 12.7. The Morgan fingerprint density at radius 1 is 1.25 bits per heavy atom. The van der Waals surface area contributed by atoms with E-state index in [1.807, 2.05) is 13.1 Å². The van der Waals surface area contributed by atoms with Gasteiger partial charge in [-0.2, -0.15) is 0 Å². The summed E-state index contributed by atoms with van der Waals surface area (Å²) in [6.07, 6.45) is 1.84. The number of piperidine rings is 1. The Bertz CT molecular complexity index is 632. The van der Waals surface area contributed by atoms with Crippen molar-refractivity contribution in [1.29, 1.82) is 0 Å². The van der Waals surface area contributed by atoms with Crippen molar-refractivity contribution < 1.29 is 23.0 Å². The van der Waals surface area contributed by atoms with Gasteiger partial charge in [-0.25, -0.2) is 0 Å². The summed E-state index contributed by atoms with van der Waals surface area (Å²) in [7, 11) is 1.96. The lowest BCUT2D eigenvalue weighted by Crippen LogP contribution is -2.49. The van der Waals surface area contributed by atoms with Gasteiger partial charge >= 0.3 is 6.36 Å². The molecule has 0 radical (unpaired) electrons. The molecular weight excluding hydrogens is 369 g/mol. The summed E-state index contributed by atoms with van der Waals surface area (Å²) in [5.74, 6) is -0.457. The molecule has 0 amide bonds. The van der Waals surface area contributed by atoms with Crippen LogP contribution in [0.3, 0.4) is 0 Å². The number of ether oxygens (including phenoxy) is 1. The van der Waals surface area contributed by atoms with Crippen molar-refractivity contribution >= 4 is 0 Å². The van der Waals surface area contributed by atoms with Crippen LogP contribution in [0.1, 0.15) is 56.4 Å². The molecule has 7 heteroatoms. The van der Waals surface area contributed by atoms with Gasteiger partial charge in [0.1, 0.15) is 5.75 Å². The number of alkyl halides is 3. The number of nitrogens with one attached hydrogen (secondary N) is 1. The van der Waals surface area contributed by atoms with Crippen molar-refractivity contribution in [1.82, 2.24) is 10.2 Å². The molecule has 28 heavy (non-hydrogen) atoms. The second-order valence-electron chi connectivity index (χ2n) is 8.22. The molecule has 1 aliphatic carbocycles. The minimum absolute atomic E-state index is 0.221. The Labute approximate surface area is 165 Å². The van der Waals surface area contributed by atoms with E-state index in [-0.39, 0.29) is 11.7 Å². The number of nitrogens with zero attached hydrogens (tertiary/aromatic N) is 1. The van der Waals surface area contributed by atoms with Gasteiger partial charge in [-0.1, -0.05) is 31.4 Å². The largest absolute Gasteiger partial charge is 0.573 e. The molecule has 2 fully saturated rings. The number of benzene rings is 1. The molecule has 3 rings (SSSR count). The summed E-state index contributed by atoms with van der Waals surface area (Å²) >= 11 is 0. The Morgan fingerprint density at radius 3 is 2.68 bits per heavy atom. The molecule has 1 aromatic carbocycles. The Morgan fingerprint density at radius 2 is 2.00 bits per heavy atom. The third-order valence-corrected chi connectivity index (χ3v) is 6.22. The fourth-order valence-corrected chi connectivity index (χ4v) is 4.74. The molecule has 1 aliphatic heterocycles. The van der Waals surface area contributed by atoms with E-state index >= 15 is 0 Å². The molecular formula is C21H31F3N2O2. The summed E-state index contributed by atoms with van der Waals surface area (Å²) in [6.45, 7) is 2.48. The zero-order valence-corrected chi connectivity index (χ0v) is 16.5. The molecule has 1 aromatic rings. The Balaban J connectivity index is 1.85. The molecule has 2 aliphatic rings. The van der Waals surface area contributed by atoms with Gasteiger partial charge < -0.3 is 20.1 Å². The number of likely N-dealkylation sites (N-methyl/N-ethyl adjacent to an activating group) is 1. The van der Waals surface area contributed by atoms with Crippen molar-refractivity contribution in [2.24, 2.45) is 0 Å². The fraction of sp³-hybridized carbons (Fsp3) is 0.714. The average molecular weight is 400 g/mol. The van der Waals surface area contributed by atoms with Crippen LogP contribution in [0.4, 0.5) is 13.2 Å². The van der Waals surface area contributed by atoms with Crippen molar-refractivity contribution in [3.63, 3.8) is 0 Å². The zero-order chi connectivity index (χ0) is 20.2. The molecule has 1 saturated heterocycles. The van der Waals surface area contributed by atoms with Crippen molar-refractivity contribution in [2.45, 2.75) is 68.9 Å². The molecule has 0 aromatic heterocycles. The molecule has 2 N–H and O–H groups in total. The fourth-order valence-electron chi connectivity index (χ4n) is 4.74. The van der Waals surface area contributed by atoms with Gasteiger partial charge in [0.2, 0.25) is 0 Å². The zero-order valence-electron chi connectivity index (χ0n) is 16.5. The molecule has 4 nitrogen and oxygen atoms in total. The number of hydrogen-bond acceptors (Lipinski definition) is 4. The molecule has 1 saturated carbocycles. The van der Waals surface area contributed by atoms with E-state index in [0.29, 0.717) is 25.4 Å². The first-order valence-corrected chi connectivity index (χ1v) is 10.3. The molecule has 0 spiro atoms. The van der Waals surface area contributed by atoms with Crippen LogP contribution in [0.2, 0.25) is 0 Å². The standard InChI is InChI=1S/C21H31F3N2O2/c1-25-17-8-6-12-26(14-17)15-19(20(27)10-3-2-4-11-20)16-7-5-9-18(13-16)28-21(22,23)24/h5,7,9,13,17,19,25,27H,2-4,6,8,10-12,14-15H2,1H3/t17-,19?/m0/s1. The van der Waals surface area contributed by atoms with Gasteiger partial charge in [0.25, 0.3) is 0 Å². The van der Waals surface area contributed by atoms with Crippen LogP contribution in [-0.2, 0) is 0 Å². The normalized spacial score (nSPS) is 24.7. The SMILES string of the molecule is CN[C@H]1CCCN(CC(c2cccc(OC(F)(F)F)c2)C2(O)CCCCC2)C1. The molecule has 1 heterocycles. The van der Waals surface area contributed by atoms with E-state index in [1.165, 1.54) is 12.1 Å². The smallest absolute Gasteiger partial charge is 0.406 e. The quantitative estimate of drug-likeness (QED) is 0.756. The van der Waals surface area contributed by atoms with Gasteiger partial charge in [-0.3, -0.25) is 0 Å². The van der Waals surface area contributed by atoms with E-state index in [4.69, 9.17) is 0 Å². The number of hydrogen-bond donors (Lipinski definition) is 2. The van der Waals surface area contributed by atoms with Gasteiger partial charge in [-0.05, 0) is 57.0 Å². The first-order valence-electron chi connectivity index (χ1n) is 10.3. The molecule has 2 atom stereocenters. The number of halogens is 3. The summed E-state index contributed by atoms with van der Waals surface area (Å²) in [4.78, 5) is 2.33. The highest BCUT2D eigenvalue weighted by molar-refractivity contribution is 5.33. The van der Waals surface area contributed by atoms with Gasteiger partial charge in [0.05, 0.1) is 5.60 Å².